The van der Waals surface area contributed by atoms with Crippen LogP contribution in [0.1, 0.15) is 18.9 Å². The van der Waals surface area contributed by atoms with Gasteiger partial charge in [-0.05, 0) is 37.1 Å². The highest BCUT2D eigenvalue weighted by Crippen LogP contribution is 2.21. The van der Waals surface area contributed by atoms with E-state index in [2.05, 4.69) is 0 Å². The summed E-state index contributed by atoms with van der Waals surface area (Å²) in [6, 6.07) is 7.79. The van der Waals surface area contributed by atoms with Crippen molar-refractivity contribution in [3.05, 3.63) is 35.4 Å². The molecule has 1 heterocycles. The smallest absolute Gasteiger partial charge is 0.249 e. The van der Waals surface area contributed by atoms with Gasteiger partial charge in [0.25, 0.3) is 0 Å². The van der Waals surface area contributed by atoms with Crippen LogP contribution in [0.25, 0.3) is 6.08 Å². The van der Waals surface area contributed by atoms with Crippen LogP contribution in [0.2, 0.25) is 0 Å². The molecule has 0 atom stereocenters. The lowest BCUT2D eigenvalue weighted by Crippen LogP contribution is -2.30. The van der Waals surface area contributed by atoms with Crippen molar-refractivity contribution in [2.24, 2.45) is 5.73 Å². The quantitative estimate of drug-likeness (QED) is 0.819. The highest BCUT2D eigenvalue weighted by molar-refractivity contribution is 5.99. The van der Waals surface area contributed by atoms with E-state index in [1.54, 1.807) is 4.90 Å². The third kappa shape index (κ3) is 3.35. The van der Waals surface area contributed by atoms with Crippen molar-refractivity contribution in [1.82, 2.24) is 4.90 Å². The predicted molar refractivity (Wildman–Crippen MR) is 75.8 cm³/mol. The van der Waals surface area contributed by atoms with Gasteiger partial charge >= 0.3 is 0 Å². The zero-order chi connectivity index (χ0) is 13.7. The van der Waals surface area contributed by atoms with Crippen LogP contribution in [-0.2, 0) is 4.79 Å². The first-order valence-corrected chi connectivity index (χ1v) is 6.67. The number of likely N-dealkylation sites (tertiary alicyclic amines) is 1. The molecule has 2 rings (SSSR count). The van der Waals surface area contributed by atoms with Crippen LogP contribution < -0.4 is 10.5 Å². The fraction of sp³-hybridized carbons (Fsp3) is 0.400. The standard InChI is InChI=1S/C15H20N2O2/c1-2-19-14-5-3-12(4-6-14)11-13-7-9-17(10-8-16)15(13)18/h3-6,11H,2,7-10,16H2,1H3/b13-11+. The van der Waals surface area contributed by atoms with Gasteiger partial charge in [0.1, 0.15) is 5.75 Å². The van der Waals surface area contributed by atoms with E-state index in [1.165, 1.54) is 0 Å². The number of benzene rings is 1. The third-order valence-corrected chi connectivity index (χ3v) is 3.14. The lowest BCUT2D eigenvalue weighted by atomic mass is 10.1. The number of rotatable bonds is 5. The van der Waals surface area contributed by atoms with Crippen LogP contribution >= 0.6 is 0 Å². The van der Waals surface area contributed by atoms with Crippen molar-refractivity contribution in [1.29, 1.82) is 0 Å². The van der Waals surface area contributed by atoms with Crippen molar-refractivity contribution >= 4 is 12.0 Å². The minimum atomic E-state index is 0.110. The summed E-state index contributed by atoms with van der Waals surface area (Å²) in [6.07, 6.45) is 2.75. The van der Waals surface area contributed by atoms with Crippen LogP contribution in [0, 0.1) is 0 Å². The average molecular weight is 260 g/mol. The van der Waals surface area contributed by atoms with Crippen molar-refractivity contribution in [2.45, 2.75) is 13.3 Å². The van der Waals surface area contributed by atoms with Gasteiger partial charge in [-0.2, -0.15) is 0 Å². The second-order valence-electron chi connectivity index (χ2n) is 4.50. The maximum absolute atomic E-state index is 12.0. The molecule has 1 aliphatic heterocycles. The molecular weight excluding hydrogens is 240 g/mol. The van der Waals surface area contributed by atoms with E-state index < -0.39 is 0 Å². The maximum atomic E-state index is 12.0. The molecule has 4 nitrogen and oxygen atoms in total. The highest BCUT2D eigenvalue weighted by Gasteiger charge is 2.24. The molecule has 102 valence electrons. The van der Waals surface area contributed by atoms with Crippen molar-refractivity contribution in [2.75, 3.05) is 26.2 Å². The van der Waals surface area contributed by atoms with Crippen LogP contribution in [0.3, 0.4) is 0 Å². The van der Waals surface area contributed by atoms with Gasteiger partial charge in [0.2, 0.25) is 5.91 Å². The molecule has 1 amide bonds. The molecule has 0 radical (unpaired) electrons. The zero-order valence-corrected chi connectivity index (χ0v) is 11.3. The lowest BCUT2D eigenvalue weighted by Gasteiger charge is -2.12. The molecule has 0 spiro atoms. The van der Waals surface area contributed by atoms with Gasteiger partial charge in [0.15, 0.2) is 0 Å². The summed E-state index contributed by atoms with van der Waals surface area (Å²) in [5.41, 5.74) is 7.37. The summed E-state index contributed by atoms with van der Waals surface area (Å²) >= 11 is 0. The Labute approximate surface area is 113 Å². The monoisotopic (exact) mass is 260 g/mol. The maximum Gasteiger partial charge on any atom is 0.249 e. The van der Waals surface area contributed by atoms with E-state index in [0.717, 1.165) is 29.9 Å². The SMILES string of the molecule is CCOc1ccc(/C=C2\CCN(CCN)C2=O)cc1. The van der Waals surface area contributed by atoms with Gasteiger partial charge in [-0.15, -0.1) is 0 Å². The molecule has 0 aromatic heterocycles. The van der Waals surface area contributed by atoms with Crippen molar-refractivity contribution < 1.29 is 9.53 Å². The number of carbonyl (C=O) groups excluding carboxylic acids is 1. The first kappa shape index (κ1) is 13.6. The van der Waals surface area contributed by atoms with Crippen LogP contribution in [0.5, 0.6) is 5.75 Å². The molecule has 0 aliphatic carbocycles. The minimum Gasteiger partial charge on any atom is -0.494 e. The molecule has 2 N–H and O–H groups in total. The number of ether oxygens (including phenoxy) is 1. The molecule has 1 saturated heterocycles. The molecule has 1 aromatic rings. The van der Waals surface area contributed by atoms with E-state index in [9.17, 15) is 4.79 Å². The largest absolute Gasteiger partial charge is 0.494 e. The topological polar surface area (TPSA) is 55.6 Å². The normalized spacial score (nSPS) is 17.3. The summed E-state index contributed by atoms with van der Waals surface area (Å²) in [6.45, 7) is 4.55. The number of carbonyl (C=O) groups is 1. The predicted octanol–water partition coefficient (Wildman–Crippen LogP) is 1.66. The Morgan fingerprint density at radius 3 is 2.74 bits per heavy atom. The first-order chi connectivity index (χ1) is 9.24. The number of hydrogen-bond acceptors (Lipinski definition) is 3. The molecular formula is C15H20N2O2. The number of nitrogens with zero attached hydrogens (tertiary/aromatic N) is 1. The Morgan fingerprint density at radius 1 is 1.37 bits per heavy atom. The van der Waals surface area contributed by atoms with E-state index in [-0.39, 0.29) is 5.91 Å². The van der Waals surface area contributed by atoms with Gasteiger partial charge in [0.05, 0.1) is 6.61 Å². The first-order valence-electron chi connectivity index (χ1n) is 6.67. The average Bonchev–Trinajstić information content (AvgIpc) is 2.75. The van der Waals surface area contributed by atoms with Crippen molar-refractivity contribution in [3.8, 4) is 5.75 Å². The van der Waals surface area contributed by atoms with Gasteiger partial charge in [-0.3, -0.25) is 4.79 Å². The van der Waals surface area contributed by atoms with E-state index in [4.69, 9.17) is 10.5 Å². The fourth-order valence-electron chi connectivity index (χ4n) is 2.20. The molecule has 1 aromatic carbocycles. The molecule has 4 heteroatoms. The summed E-state index contributed by atoms with van der Waals surface area (Å²) in [4.78, 5) is 13.9. The van der Waals surface area contributed by atoms with Crippen LogP contribution in [0.4, 0.5) is 0 Å². The summed E-state index contributed by atoms with van der Waals surface area (Å²) < 4.78 is 5.39. The molecule has 1 fully saturated rings. The molecule has 1 aliphatic rings. The third-order valence-electron chi connectivity index (χ3n) is 3.14. The van der Waals surface area contributed by atoms with Gasteiger partial charge in [0, 0.05) is 25.2 Å². The molecule has 19 heavy (non-hydrogen) atoms. The minimum absolute atomic E-state index is 0.110. The number of hydrogen-bond donors (Lipinski definition) is 1. The van der Waals surface area contributed by atoms with E-state index >= 15 is 0 Å². The molecule has 0 bridgehead atoms. The zero-order valence-electron chi connectivity index (χ0n) is 11.3. The Bertz CT molecular complexity index is 466. The Hall–Kier alpha value is -1.81. The summed E-state index contributed by atoms with van der Waals surface area (Å²) in [5, 5.41) is 0. The summed E-state index contributed by atoms with van der Waals surface area (Å²) in [7, 11) is 0. The van der Waals surface area contributed by atoms with E-state index in [1.807, 2.05) is 37.3 Å². The van der Waals surface area contributed by atoms with Crippen LogP contribution in [0.15, 0.2) is 29.8 Å². The number of nitrogens with two attached hydrogens (primary N) is 1. The van der Waals surface area contributed by atoms with Gasteiger partial charge in [-0.25, -0.2) is 0 Å². The Kier molecular flexibility index (Phi) is 4.58. The number of amides is 1. The fourth-order valence-corrected chi connectivity index (χ4v) is 2.20. The van der Waals surface area contributed by atoms with Gasteiger partial charge in [-0.1, -0.05) is 12.1 Å². The molecule has 0 saturated carbocycles. The van der Waals surface area contributed by atoms with Crippen LogP contribution in [-0.4, -0.2) is 37.0 Å². The highest BCUT2D eigenvalue weighted by atomic mass is 16.5. The van der Waals surface area contributed by atoms with E-state index in [0.29, 0.717) is 19.7 Å². The van der Waals surface area contributed by atoms with Gasteiger partial charge < -0.3 is 15.4 Å². The van der Waals surface area contributed by atoms with Crippen molar-refractivity contribution in [3.63, 3.8) is 0 Å². The lowest BCUT2D eigenvalue weighted by molar-refractivity contribution is -0.124. The Balaban J connectivity index is 2.07. The second kappa shape index (κ2) is 6.38. The second-order valence-corrected chi connectivity index (χ2v) is 4.50. The molecule has 0 unspecified atom stereocenters. The Morgan fingerprint density at radius 2 is 2.11 bits per heavy atom. The summed E-state index contributed by atoms with van der Waals surface area (Å²) in [5.74, 6) is 0.964.